The van der Waals surface area contributed by atoms with Gasteiger partial charge in [-0.15, -0.1) is 0 Å². The Hall–Kier alpha value is -1.89. The van der Waals surface area contributed by atoms with Gasteiger partial charge in [0.1, 0.15) is 0 Å². The molecule has 0 heterocycles. The van der Waals surface area contributed by atoms with E-state index < -0.39 is 7.82 Å². The second kappa shape index (κ2) is 9.12. The van der Waals surface area contributed by atoms with Crippen LogP contribution in [0.4, 0.5) is 0 Å². The maximum absolute atomic E-state index is 10.1. The minimum absolute atomic E-state index is 1.05. The molecule has 0 aromatic heterocycles. The Morgan fingerprint density at radius 1 is 0.810 bits per heavy atom. The summed E-state index contributed by atoms with van der Waals surface area (Å²) in [6, 6.07) is 20.0. The van der Waals surface area contributed by atoms with Crippen molar-refractivity contribution in [3.8, 4) is 11.8 Å². The third kappa shape index (κ3) is 7.45. The summed E-state index contributed by atoms with van der Waals surface area (Å²) < 4.78 is 18.0. The van der Waals surface area contributed by atoms with Crippen LogP contribution in [0.3, 0.4) is 0 Å². The third-order valence-electron chi connectivity index (χ3n) is 2.36. The first-order valence-electron chi connectivity index (χ1n) is 6.14. The Bertz CT molecular complexity index is 578. The van der Waals surface area contributed by atoms with Gasteiger partial charge in [-0.1, -0.05) is 48.2 Å². The van der Waals surface area contributed by atoms with Crippen LogP contribution in [0, 0.1) is 11.8 Å². The minimum Gasteiger partial charge on any atom is -0.303 e. The van der Waals surface area contributed by atoms with Crippen molar-refractivity contribution < 1.29 is 18.5 Å². The highest BCUT2D eigenvalue weighted by Crippen LogP contribution is 2.40. The van der Waals surface area contributed by atoms with Crippen LogP contribution in [0.1, 0.15) is 11.1 Å². The quantitative estimate of drug-likeness (QED) is 0.682. The molecule has 0 bridgehead atoms. The van der Waals surface area contributed by atoms with Gasteiger partial charge in [-0.05, 0) is 24.3 Å². The van der Waals surface area contributed by atoms with Crippen LogP contribution >= 0.6 is 7.82 Å². The summed E-state index contributed by atoms with van der Waals surface area (Å²) in [6.07, 6.45) is 0. The Kier molecular flexibility index (Phi) is 7.45. The summed E-state index contributed by atoms with van der Waals surface area (Å²) in [5, 5.41) is 0. The maximum Gasteiger partial charge on any atom is 0.471 e. The normalized spacial score (nSPS) is 9.86. The van der Waals surface area contributed by atoms with E-state index in [4.69, 9.17) is 4.89 Å². The molecular weight excluding hydrogens is 287 g/mol. The van der Waals surface area contributed by atoms with Gasteiger partial charge in [-0.2, -0.15) is 0 Å². The van der Waals surface area contributed by atoms with E-state index in [0.29, 0.717) is 0 Å². The summed E-state index contributed by atoms with van der Waals surface area (Å²) in [5.41, 5.74) is 2.10. The molecular formula is C16H17O4P. The number of hydrogen-bond acceptors (Lipinski definition) is 3. The van der Waals surface area contributed by atoms with E-state index in [-0.39, 0.29) is 0 Å². The molecule has 5 heteroatoms. The molecule has 2 rings (SSSR count). The molecule has 0 aliphatic heterocycles. The SMILES string of the molecule is C(#Cc1ccccc1)c1ccccc1.COP(=O)(O)OC. The van der Waals surface area contributed by atoms with E-state index in [9.17, 15) is 4.57 Å². The van der Waals surface area contributed by atoms with Gasteiger partial charge in [-0.3, -0.25) is 9.05 Å². The molecule has 21 heavy (non-hydrogen) atoms. The van der Waals surface area contributed by atoms with Crippen LogP contribution in [-0.4, -0.2) is 19.1 Å². The van der Waals surface area contributed by atoms with Gasteiger partial charge >= 0.3 is 7.82 Å². The zero-order chi connectivity index (χ0) is 15.6. The van der Waals surface area contributed by atoms with Crippen LogP contribution in [-0.2, 0) is 13.6 Å². The second-order valence-electron chi connectivity index (χ2n) is 3.82. The average Bonchev–Trinajstić information content (AvgIpc) is 2.55. The topological polar surface area (TPSA) is 55.8 Å². The summed E-state index contributed by atoms with van der Waals surface area (Å²) in [7, 11) is -1.45. The lowest BCUT2D eigenvalue weighted by Gasteiger charge is -2.01. The molecule has 1 N–H and O–H groups in total. The lowest BCUT2D eigenvalue weighted by molar-refractivity contribution is 0.204. The Labute approximate surface area is 125 Å². The Balaban J connectivity index is 0.000000270. The summed E-state index contributed by atoms with van der Waals surface area (Å²) in [4.78, 5) is 8.24. The van der Waals surface area contributed by atoms with E-state index in [1.165, 1.54) is 0 Å². The highest BCUT2D eigenvalue weighted by Gasteiger charge is 2.13. The molecule has 0 aliphatic carbocycles. The van der Waals surface area contributed by atoms with Crippen molar-refractivity contribution in [1.29, 1.82) is 0 Å². The molecule has 0 aliphatic rings. The van der Waals surface area contributed by atoms with Crippen LogP contribution in [0.2, 0.25) is 0 Å². The highest BCUT2D eigenvalue weighted by molar-refractivity contribution is 7.47. The largest absolute Gasteiger partial charge is 0.471 e. The molecule has 0 atom stereocenters. The van der Waals surface area contributed by atoms with Crippen LogP contribution < -0.4 is 0 Å². The van der Waals surface area contributed by atoms with Gasteiger partial charge in [0.25, 0.3) is 0 Å². The van der Waals surface area contributed by atoms with Crippen molar-refractivity contribution in [3.05, 3.63) is 71.8 Å². The number of phosphoric ester groups is 1. The number of hydrogen-bond donors (Lipinski definition) is 1. The van der Waals surface area contributed by atoms with Crippen LogP contribution in [0.5, 0.6) is 0 Å². The highest BCUT2D eigenvalue weighted by atomic mass is 31.2. The molecule has 2 aromatic carbocycles. The molecule has 0 saturated heterocycles. The standard InChI is InChI=1S/C14H10.C2H7O4P/c1-3-7-13(8-4-1)11-12-14-9-5-2-6-10-14;1-5-7(3,4)6-2/h1-10H;1-2H3,(H,3,4). The number of phosphoric acid groups is 1. The molecule has 0 amide bonds. The van der Waals surface area contributed by atoms with Crippen molar-refractivity contribution in [1.82, 2.24) is 0 Å². The fraction of sp³-hybridized carbons (Fsp3) is 0.125. The maximum atomic E-state index is 10.1. The zero-order valence-electron chi connectivity index (χ0n) is 11.9. The first kappa shape index (κ1) is 17.2. The van der Waals surface area contributed by atoms with Crippen molar-refractivity contribution >= 4 is 7.82 Å². The molecule has 0 saturated carbocycles. The van der Waals surface area contributed by atoms with E-state index in [1.807, 2.05) is 60.7 Å². The second-order valence-corrected chi connectivity index (χ2v) is 5.48. The number of benzene rings is 2. The first-order chi connectivity index (χ1) is 10.1. The lowest BCUT2D eigenvalue weighted by atomic mass is 10.2. The fourth-order valence-electron chi connectivity index (χ4n) is 1.26. The fourth-order valence-corrected chi connectivity index (χ4v) is 1.41. The third-order valence-corrected chi connectivity index (χ3v) is 3.28. The van der Waals surface area contributed by atoms with E-state index in [0.717, 1.165) is 25.3 Å². The molecule has 0 radical (unpaired) electrons. The van der Waals surface area contributed by atoms with Gasteiger partial charge < -0.3 is 4.89 Å². The van der Waals surface area contributed by atoms with Crippen LogP contribution in [0.25, 0.3) is 0 Å². The van der Waals surface area contributed by atoms with E-state index >= 15 is 0 Å². The van der Waals surface area contributed by atoms with E-state index in [2.05, 4.69) is 20.9 Å². The van der Waals surface area contributed by atoms with Crippen molar-refractivity contribution in [2.45, 2.75) is 0 Å². The molecule has 0 fully saturated rings. The first-order valence-corrected chi connectivity index (χ1v) is 7.63. The van der Waals surface area contributed by atoms with Gasteiger partial charge in [0.15, 0.2) is 0 Å². The summed E-state index contributed by atoms with van der Waals surface area (Å²) in [5.74, 6) is 6.22. The monoisotopic (exact) mass is 304 g/mol. The summed E-state index contributed by atoms with van der Waals surface area (Å²) in [6.45, 7) is 0. The smallest absolute Gasteiger partial charge is 0.303 e. The summed E-state index contributed by atoms with van der Waals surface area (Å²) >= 11 is 0. The van der Waals surface area contributed by atoms with Gasteiger partial charge in [0, 0.05) is 25.3 Å². The molecule has 0 spiro atoms. The molecule has 2 aromatic rings. The molecule has 0 unspecified atom stereocenters. The average molecular weight is 304 g/mol. The van der Waals surface area contributed by atoms with Crippen molar-refractivity contribution in [2.24, 2.45) is 0 Å². The Morgan fingerprint density at radius 2 is 1.14 bits per heavy atom. The molecule has 110 valence electrons. The lowest BCUT2D eigenvalue weighted by Crippen LogP contribution is -1.83. The van der Waals surface area contributed by atoms with Gasteiger partial charge in [0.2, 0.25) is 0 Å². The van der Waals surface area contributed by atoms with Gasteiger partial charge in [0.05, 0.1) is 0 Å². The minimum atomic E-state index is -3.65. The van der Waals surface area contributed by atoms with Crippen LogP contribution in [0.15, 0.2) is 60.7 Å². The van der Waals surface area contributed by atoms with Crippen molar-refractivity contribution in [2.75, 3.05) is 14.2 Å². The van der Waals surface area contributed by atoms with Gasteiger partial charge in [-0.25, -0.2) is 4.57 Å². The van der Waals surface area contributed by atoms with Crippen molar-refractivity contribution in [3.63, 3.8) is 0 Å². The number of rotatable bonds is 2. The predicted octanol–water partition coefficient (Wildman–Crippen LogP) is 3.47. The molecule has 4 nitrogen and oxygen atoms in total. The van der Waals surface area contributed by atoms with E-state index in [1.54, 1.807) is 0 Å². The predicted molar refractivity (Wildman–Crippen MR) is 82.7 cm³/mol. The zero-order valence-corrected chi connectivity index (χ0v) is 12.8. The Morgan fingerprint density at radius 3 is 1.38 bits per heavy atom.